The number of hydrogen-bond donors (Lipinski definition) is 2. The highest BCUT2D eigenvalue weighted by molar-refractivity contribution is 6.31. The van der Waals surface area contributed by atoms with Crippen LogP contribution in [0.15, 0.2) is 41.3 Å². The Kier molecular flexibility index (Phi) is 5.06. The Balaban J connectivity index is 2.17. The van der Waals surface area contributed by atoms with E-state index in [2.05, 4.69) is 15.0 Å². The number of halogens is 3. The topological polar surface area (TPSA) is 75.9 Å². The standard InChI is InChI=1S/C17H14ClF2N3O3/c1-9-7-10(4-5-12(9)18)21-14-11(8-24)16(25)23-6-2-3-13(15(23)22-14)26-17(19)20/h2-7,17,21,24H,8H2,1H3. The largest absolute Gasteiger partial charge is 0.431 e. The molecule has 9 heteroatoms. The number of nitrogens with zero attached hydrogens (tertiary/aromatic N) is 2. The van der Waals surface area contributed by atoms with Crippen molar-refractivity contribution in [3.63, 3.8) is 0 Å². The summed E-state index contributed by atoms with van der Waals surface area (Å²) in [6, 6.07) is 7.72. The number of aliphatic hydroxyl groups is 1. The highest BCUT2D eigenvalue weighted by Crippen LogP contribution is 2.25. The van der Waals surface area contributed by atoms with Gasteiger partial charge in [0.1, 0.15) is 5.82 Å². The molecule has 0 aliphatic carbocycles. The van der Waals surface area contributed by atoms with Crippen LogP contribution in [-0.4, -0.2) is 21.1 Å². The molecule has 0 aliphatic rings. The number of rotatable bonds is 5. The molecule has 0 spiro atoms. The summed E-state index contributed by atoms with van der Waals surface area (Å²) in [5.41, 5.74) is 0.671. The van der Waals surface area contributed by atoms with E-state index < -0.39 is 18.8 Å². The molecule has 3 rings (SSSR count). The van der Waals surface area contributed by atoms with Crippen molar-refractivity contribution in [3.05, 3.63) is 63.0 Å². The predicted octanol–water partition coefficient (Wildman–Crippen LogP) is 3.49. The Bertz CT molecular complexity index is 1020. The molecule has 2 heterocycles. The lowest BCUT2D eigenvalue weighted by molar-refractivity contribution is -0.0491. The average Bonchev–Trinajstić information content (AvgIpc) is 2.59. The zero-order valence-corrected chi connectivity index (χ0v) is 14.3. The van der Waals surface area contributed by atoms with Crippen LogP contribution in [0.25, 0.3) is 5.65 Å². The zero-order chi connectivity index (χ0) is 18.8. The van der Waals surface area contributed by atoms with E-state index in [0.717, 1.165) is 9.96 Å². The minimum absolute atomic E-state index is 0.00991. The Morgan fingerprint density at radius 2 is 2.15 bits per heavy atom. The molecule has 26 heavy (non-hydrogen) atoms. The zero-order valence-electron chi connectivity index (χ0n) is 13.5. The van der Waals surface area contributed by atoms with Gasteiger partial charge in [-0.15, -0.1) is 0 Å². The van der Waals surface area contributed by atoms with E-state index in [-0.39, 0.29) is 22.8 Å². The van der Waals surface area contributed by atoms with Gasteiger partial charge in [0.05, 0.1) is 12.2 Å². The van der Waals surface area contributed by atoms with Crippen LogP contribution in [0.3, 0.4) is 0 Å². The highest BCUT2D eigenvalue weighted by atomic mass is 35.5. The van der Waals surface area contributed by atoms with Gasteiger partial charge in [-0.1, -0.05) is 11.6 Å². The van der Waals surface area contributed by atoms with Crippen LogP contribution >= 0.6 is 11.6 Å². The maximum absolute atomic E-state index is 12.6. The maximum atomic E-state index is 12.6. The Hall–Kier alpha value is -2.71. The first-order valence-corrected chi connectivity index (χ1v) is 7.91. The van der Waals surface area contributed by atoms with Gasteiger partial charge < -0.3 is 15.2 Å². The van der Waals surface area contributed by atoms with Gasteiger partial charge in [0.15, 0.2) is 11.4 Å². The summed E-state index contributed by atoms with van der Waals surface area (Å²) in [6.07, 6.45) is 1.36. The summed E-state index contributed by atoms with van der Waals surface area (Å²) in [5.74, 6) is -0.205. The van der Waals surface area contributed by atoms with Gasteiger partial charge in [0.25, 0.3) is 5.56 Å². The Morgan fingerprint density at radius 1 is 1.38 bits per heavy atom. The summed E-state index contributed by atoms with van der Waals surface area (Å²) in [7, 11) is 0. The molecule has 0 amide bonds. The number of benzene rings is 1. The fourth-order valence-corrected chi connectivity index (χ4v) is 2.58. The van der Waals surface area contributed by atoms with E-state index in [0.29, 0.717) is 10.7 Å². The first kappa shape index (κ1) is 18.1. The average molecular weight is 382 g/mol. The van der Waals surface area contributed by atoms with Crippen LogP contribution < -0.4 is 15.6 Å². The molecular formula is C17H14ClF2N3O3. The van der Waals surface area contributed by atoms with E-state index >= 15 is 0 Å². The SMILES string of the molecule is Cc1cc(Nc2nc3c(OC(F)F)cccn3c(=O)c2CO)ccc1Cl. The summed E-state index contributed by atoms with van der Waals surface area (Å²) in [5, 5.41) is 13.1. The van der Waals surface area contributed by atoms with Crippen LogP contribution in [-0.2, 0) is 6.61 Å². The molecule has 0 saturated heterocycles. The van der Waals surface area contributed by atoms with Crippen molar-refractivity contribution in [1.29, 1.82) is 0 Å². The molecule has 0 bridgehead atoms. The van der Waals surface area contributed by atoms with E-state index in [1.165, 1.54) is 18.3 Å². The van der Waals surface area contributed by atoms with E-state index in [1.54, 1.807) is 25.1 Å². The third-order valence-electron chi connectivity index (χ3n) is 3.71. The lowest BCUT2D eigenvalue weighted by Gasteiger charge is -2.14. The number of fused-ring (bicyclic) bond motifs is 1. The lowest BCUT2D eigenvalue weighted by atomic mass is 10.2. The summed E-state index contributed by atoms with van der Waals surface area (Å²) in [4.78, 5) is 16.8. The molecule has 1 aromatic carbocycles. The maximum Gasteiger partial charge on any atom is 0.387 e. The van der Waals surface area contributed by atoms with E-state index in [4.69, 9.17) is 11.6 Å². The number of nitrogens with one attached hydrogen (secondary N) is 1. The number of anilines is 2. The molecule has 2 N–H and O–H groups in total. The minimum Gasteiger partial charge on any atom is -0.431 e. The second kappa shape index (κ2) is 7.27. The molecular weight excluding hydrogens is 368 g/mol. The molecule has 0 fully saturated rings. The number of pyridine rings is 1. The molecule has 0 unspecified atom stereocenters. The van der Waals surface area contributed by atoms with Crippen LogP contribution in [0, 0.1) is 6.92 Å². The Morgan fingerprint density at radius 3 is 2.81 bits per heavy atom. The van der Waals surface area contributed by atoms with E-state index in [9.17, 15) is 18.7 Å². The van der Waals surface area contributed by atoms with Crippen molar-refractivity contribution in [2.75, 3.05) is 5.32 Å². The summed E-state index contributed by atoms with van der Waals surface area (Å²) in [6.45, 7) is -1.84. The molecule has 136 valence electrons. The summed E-state index contributed by atoms with van der Waals surface area (Å²) < 4.78 is 30.7. The minimum atomic E-state index is -3.06. The van der Waals surface area contributed by atoms with Crippen LogP contribution in [0.5, 0.6) is 5.75 Å². The number of aryl methyl sites for hydroxylation is 1. The van der Waals surface area contributed by atoms with Crippen molar-refractivity contribution in [2.45, 2.75) is 20.1 Å². The van der Waals surface area contributed by atoms with Crippen molar-refractivity contribution in [1.82, 2.24) is 9.38 Å². The number of alkyl halides is 2. The smallest absolute Gasteiger partial charge is 0.387 e. The Labute approximate surface area is 151 Å². The van der Waals surface area contributed by atoms with Gasteiger partial charge >= 0.3 is 6.61 Å². The molecule has 0 aliphatic heterocycles. The number of ether oxygens (including phenoxy) is 1. The fourth-order valence-electron chi connectivity index (χ4n) is 2.47. The molecule has 0 saturated carbocycles. The monoisotopic (exact) mass is 381 g/mol. The first-order valence-electron chi connectivity index (χ1n) is 7.54. The van der Waals surface area contributed by atoms with Crippen molar-refractivity contribution >= 4 is 28.8 Å². The van der Waals surface area contributed by atoms with Crippen molar-refractivity contribution in [2.24, 2.45) is 0 Å². The summed E-state index contributed by atoms with van der Waals surface area (Å²) >= 11 is 5.99. The quantitative estimate of drug-likeness (QED) is 0.707. The van der Waals surface area contributed by atoms with Crippen molar-refractivity contribution in [3.8, 4) is 5.75 Å². The third-order valence-corrected chi connectivity index (χ3v) is 4.13. The number of aromatic nitrogens is 2. The van der Waals surface area contributed by atoms with Gasteiger partial charge in [-0.05, 0) is 42.8 Å². The van der Waals surface area contributed by atoms with Crippen LogP contribution in [0.2, 0.25) is 5.02 Å². The molecule has 3 aromatic rings. The van der Waals surface area contributed by atoms with Gasteiger partial charge in [0, 0.05) is 16.9 Å². The molecule has 2 aromatic heterocycles. The first-order chi connectivity index (χ1) is 12.4. The van der Waals surface area contributed by atoms with Crippen LogP contribution in [0.1, 0.15) is 11.1 Å². The van der Waals surface area contributed by atoms with Gasteiger partial charge in [-0.25, -0.2) is 4.98 Å². The van der Waals surface area contributed by atoms with E-state index in [1.807, 2.05) is 0 Å². The van der Waals surface area contributed by atoms with Crippen molar-refractivity contribution < 1.29 is 18.6 Å². The van der Waals surface area contributed by atoms with Gasteiger partial charge in [-0.2, -0.15) is 8.78 Å². The fraction of sp³-hybridized carbons (Fsp3) is 0.176. The molecule has 0 atom stereocenters. The second-order valence-electron chi connectivity index (χ2n) is 5.44. The normalized spacial score (nSPS) is 11.2. The van der Waals surface area contributed by atoms with Gasteiger partial charge in [0.2, 0.25) is 0 Å². The lowest BCUT2D eigenvalue weighted by Crippen LogP contribution is -2.22. The van der Waals surface area contributed by atoms with Crippen LogP contribution in [0.4, 0.5) is 20.3 Å². The molecule has 6 nitrogen and oxygen atoms in total. The number of aliphatic hydroxyl groups excluding tert-OH is 1. The highest BCUT2D eigenvalue weighted by Gasteiger charge is 2.17. The predicted molar refractivity (Wildman–Crippen MR) is 93.5 cm³/mol. The molecule has 0 radical (unpaired) electrons. The third kappa shape index (κ3) is 3.47. The number of hydrogen-bond acceptors (Lipinski definition) is 5. The second-order valence-corrected chi connectivity index (χ2v) is 5.84. The van der Waals surface area contributed by atoms with Gasteiger partial charge in [-0.3, -0.25) is 9.20 Å².